The molecular weight excluding hydrogens is 84.1 g/mol. The first-order valence-electron chi connectivity index (χ1n) is 2.67. The SMILES string of the molecule is C=CC/C=C\CC. The molecule has 0 aromatic carbocycles. The van der Waals surface area contributed by atoms with Crippen LogP contribution < -0.4 is 0 Å². The van der Waals surface area contributed by atoms with Gasteiger partial charge in [0.1, 0.15) is 0 Å². The summed E-state index contributed by atoms with van der Waals surface area (Å²) in [6, 6.07) is 0. The zero-order valence-electron chi connectivity index (χ0n) is 4.85. The Labute approximate surface area is 45.5 Å². The van der Waals surface area contributed by atoms with Crippen LogP contribution in [0.3, 0.4) is 0 Å². The van der Waals surface area contributed by atoms with E-state index in [-0.39, 0.29) is 0 Å². The maximum absolute atomic E-state index is 3.58. The second-order valence-electron chi connectivity index (χ2n) is 1.40. The van der Waals surface area contributed by atoms with Crippen LogP contribution in [0.25, 0.3) is 0 Å². The van der Waals surface area contributed by atoms with Crippen LogP contribution in [0.15, 0.2) is 24.8 Å². The molecule has 0 radical (unpaired) electrons. The molecule has 0 aliphatic heterocycles. The van der Waals surface area contributed by atoms with Gasteiger partial charge in [0.15, 0.2) is 0 Å². The van der Waals surface area contributed by atoms with Crippen LogP contribution in [0.1, 0.15) is 19.8 Å². The molecule has 0 aliphatic carbocycles. The number of hydrogen-bond donors (Lipinski definition) is 0. The van der Waals surface area contributed by atoms with Crippen molar-refractivity contribution in [3.8, 4) is 0 Å². The third-order valence-electron chi connectivity index (χ3n) is 0.705. The lowest BCUT2D eigenvalue weighted by Crippen LogP contribution is -1.53. The first-order chi connectivity index (χ1) is 3.41. The fourth-order valence-corrected chi connectivity index (χ4v) is 0.359. The minimum atomic E-state index is 1.01. The van der Waals surface area contributed by atoms with Gasteiger partial charge in [-0.1, -0.05) is 25.2 Å². The van der Waals surface area contributed by atoms with Gasteiger partial charge in [0.2, 0.25) is 0 Å². The highest BCUT2D eigenvalue weighted by Gasteiger charge is 1.63. The summed E-state index contributed by atoms with van der Waals surface area (Å²) in [5.74, 6) is 0. The fourth-order valence-electron chi connectivity index (χ4n) is 0.359. The lowest BCUT2D eigenvalue weighted by Gasteiger charge is -1.75. The molecule has 0 saturated carbocycles. The van der Waals surface area contributed by atoms with Crippen molar-refractivity contribution in [2.75, 3.05) is 0 Å². The third-order valence-corrected chi connectivity index (χ3v) is 0.705. The van der Waals surface area contributed by atoms with Crippen molar-refractivity contribution in [3.05, 3.63) is 24.8 Å². The lowest BCUT2D eigenvalue weighted by molar-refractivity contribution is 1.20. The van der Waals surface area contributed by atoms with E-state index in [1.165, 1.54) is 0 Å². The predicted octanol–water partition coefficient (Wildman–Crippen LogP) is 2.53. The maximum atomic E-state index is 3.58. The molecule has 0 aliphatic rings. The Bertz CT molecular complexity index is 60.4. The molecule has 0 aromatic rings. The molecule has 0 heterocycles. The summed E-state index contributed by atoms with van der Waals surface area (Å²) in [6.07, 6.45) is 8.29. The van der Waals surface area contributed by atoms with E-state index in [1.54, 1.807) is 0 Å². The van der Waals surface area contributed by atoms with Gasteiger partial charge in [0, 0.05) is 0 Å². The highest BCUT2D eigenvalue weighted by molar-refractivity contribution is 4.87. The molecule has 40 valence electrons. The van der Waals surface area contributed by atoms with Crippen LogP contribution in [-0.2, 0) is 0 Å². The molecule has 0 N–H and O–H groups in total. The van der Waals surface area contributed by atoms with Crippen molar-refractivity contribution < 1.29 is 0 Å². The van der Waals surface area contributed by atoms with Gasteiger partial charge in [0.25, 0.3) is 0 Å². The summed E-state index contributed by atoms with van der Waals surface area (Å²) in [5.41, 5.74) is 0. The molecule has 0 atom stereocenters. The average Bonchev–Trinajstić information content (AvgIpc) is 1.69. The predicted molar refractivity (Wildman–Crippen MR) is 34.2 cm³/mol. The molecule has 0 saturated heterocycles. The number of rotatable bonds is 3. The molecule has 0 aromatic heterocycles. The molecule has 0 spiro atoms. The minimum absolute atomic E-state index is 1.01. The summed E-state index contributed by atoms with van der Waals surface area (Å²) in [5, 5.41) is 0. The molecule has 7 heavy (non-hydrogen) atoms. The largest absolute Gasteiger partial charge is 0.103 e. The fraction of sp³-hybridized carbons (Fsp3) is 0.429. The van der Waals surface area contributed by atoms with E-state index >= 15 is 0 Å². The van der Waals surface area contributed by atoms with Gasteiger partial charge in [-0.25, -0.2) is 0 Å². The summed E-state index contributed by atoms with van der Waals surface area (Å²) >= 11 is 0. The highest BCUT2D eigenvalue weighted by atomic mass is 13.7. The minimum Gasteiger partial charge on any atom is -0.103 e. The van der Waals surface area contributed by atoms with Crippen molar-refractivity contribution >= 4 is 0 Å². The smallest absolute Gasteiger partial charge is 0.0172 e. The molecule has 0 bridgehead atoms. The van der Waals surface area contributed by atoms with E-state index in [9.17, 15) is 0 Å². The van der Waals surface area contributed by atoms with Crippen LogP contribution in [-0.4, -0.2) is 0 Å². The Morgan fingerprint density at radius 1 is 1.43 bits per heavy atom. The van der Waals surface area contributed by atoms with Crippen LogP contribution in [0.5, 0.6) is 0 Å². The number of hydrogen-bond acceptors (Lipinski definition) is 0. The van der Waals surface area contributed by atoms with Gasteiger partial charge in [-0.3, -0.25) is 0 Å². The van der Waals surface area contributed by atoms with Crippen molar-refractivity contribution in [2.24, 2.45) is 0 Å². The Kier molecular flexibility index (Phi) is 5.07. The molecule has 0 heteroatoms. The topological polar surface area (TPSA) is 0 Å². The van der Waals surface area contributed by atoms with E-state index in [0.717, 1.165) is 12.8 Å². The second-order valence-corrected chi connectivity index (χ2v) is 1.40. The van der Waals surface area contributed by atoms with E-state index in [4.69, 9.17) is 0 Å². The Balaban J connectivity index is 2.92. The summed E-state index contributed by atoms with van der Waals surface area (Å²) < 4.78 is 0. The summed E-state index contributed by atoms with van der Waals surface area (Å²) in [4.78, 5) is 0. The van der Waals surface area contributed by atoms with Gasteiger partial charge in [-0.05, 0) is 12.8 Å². The van der Waals surface area contributed by atoms with Gasteiger partial charge in [-0.15, -0.1) is 6.58 Å². The maximum Gasteiger partial charge on any atom is -0.0172 e. The Hall–Kier alpha value is -0.520. The lowest BCUT2D eigenvalue weighted by atomic mass is 10.3. The van der Waals surface area contributed by atoms with Gasteiger partial charge < -0.3 is 0 Å². The van der Waals surface area contributed by atoms with Crippen LogP contribution in [0, 0.1) is 0 Å². The van der Waals surface area contributed by atoms with E-state index in [1.807, 2.05) is 6.08 Å². The summed E-state index contributed by atoms with van der Waals surface area (Å²) in [6.45, 7) is 5.71. The van der Waals surface area contributed by atoms with Gasteiger partial charge >= 0.3 is 0 Å². The van der Waals surface area contributed by atoms with Crippen LogP contribution in [0.2, 0.25) is 0 Å². The zero-order valence-corrected chi connectivity index (χ0v) is 4.85. The molecule has 0 unspecified atom stereocenters. The van der Waals surface area contributed by atoms with Crippen LogP contribution >= 0.6 is 0 Å². The first-order valence-corrected chi connectivity index (χ1v) is 2.67. The average molecular weight is 96.2 g/mol. The van der Waals surface area contributed by atoms with Crippen molar-refractivity contribution in [1.29, 1.82) is 0 Å². The third kappa shape index (κ3) is 5.48. The summed E-state index contributed by atoms with van der Waals surface area (Å²) in [7, 11) is 0. The monoisotopic (exact) mass is 96.1 g/mol. The Morgan fingerprint density at radius 2 is 2.14 bits per heavy atom. The standard InChI is InChI=1S/C7H12/c1-3-5-7-6-4-2/h3,6-7H,1,4-5H2,2H3/b7-6-. The molecular formula is C7H12. The quantitative estimate of drug-likeness (QED) is 0.473. The number of allylic oxidation sites excluding steroid dienone is 3. The highest BCUT2D eigenvalue weighted by Crippen LogP contribution is 1.84. The normalized spacial score (nSPS) is 9.86. The first kappa shape index (κ1) is 6.48. The van der Waals surface area contributed by atoms with Crippen molar-refractivity contribution in [1.82, 2.24) is 0 Å². The Morgan fingerprint density at radius 3 is 2.57 bits per heavy atom. The van der Waals surface area contributed by atoms with E-state index in [0.29, 0.717) is 0 Å². The van der Waals surface area contributed by atoms with E-state index in [2.05, 4.69) is 25.7 Å². The molecule has 0 nitrogen and oxygen atoms in total. The van der Waals surface area contributed by atoms with Crippen molar-refractivity contribution in [3.63, 3.8) is 0 Å². The van der Waals surface area contributed by atoms with Crippen molar-refractivity contribution in [2.45, 2.75) is 19.8 Å². The molecule has 0 fully saturated rings. The molecule has 0 rings (SSSR count). The zero-order chi connectivity index (χ0) is 5.54. The van der Waals surface area contributed by atoms with Crippen LogP contribution in [0.4, 0.5) is 0 Å². The molecule has 0 amide bonds. The van der Waals surface area contributed by atoms with Gasteiger partial charge in [-0.2, -0.15) is 0 Å². The van der Waals surface area contributed by atoms with E-state index < -0.39 is 0 Å². The second kappa shape index (κ2) is 5.48. The van der Waals surface area contributed by atoms with Gasteiger partial charge in [0.05, 0.1) is 0 Å².